The van der Waals surface area contributed by atoms with Crippen molar-refractivity contribution in [3.05, 3.63) is 40.8 Å². The van der Waals surface area contributed by atoms with Crippen LogP contribution in [0.2, 0.25) is 5.02 Å². The first-order valence-corrected chi connectivity index (χ1v) is 6.07. The van der Waals surface area contributed by atoms with Crippen molar-refractivity contribution in [3.63, 3.8) is 0 Å². The Morgan fingerprint density at radius 1 is 1.29 bits per heavy atom. The van der Waals surface area contributed by atoms with E-state index in [2.05, 4.69) is 14.7 Å². The zero-order valence-electron chi connectivity index (χ0n) is 10.7. The van der Waals surface area contributed by atoms with Gasteiger partial charge in [-0.1, -0.05) is 11.6 Å². The number of nitrogens with zero attached hydrogens (tertiary/aromatic N) is 2. The first kappa shape index (κ1) is 15.1. The van der Waals surface area contributed by atoms with E-state index in [0.717, 1.165) is 12.4 Å². The minimum Gasteiger partial charge on any atom is -0.478 e. The zero-order valence-corrected chi connectivity index (χ0v) is 11.4. The summed E-state index contributed by atoms with van der Waals surface area (Å²) in [6, 6.07) is 2.75. The summed E-state index contributed by atoms with van der Waals surface area (Å²) < 4.78 is 29.2. The molecule has 0 saturated carbocycles. The Labute approximate surface area is 123 Å². The lowest BCUT2D eigenvalue weighted by Crippen LogP contribution is -2.07. The fraction of sp³-hybridized carbons (Fsp3) is 0.154. The lowest BCUT2D eigenvalue weighted by atomic mass is 10.0. The Morgan fingerprint density at radius 2 is 2.00 bits per heavy atom. The summed E-state index contributed by atoms with van der Waals surface area (Å²) in [5.41, 5.74) is 0.563. The highest BCUT2D eigenvalue weighted by Crippen LogP contribution is 2.33. The van der Waals surface area contributed by atoms with Crippen molar-refractivity contribution in [2.24, 2.45) is 0 Å². The Hall–Kier alpha value is -2.28. The molecule has 0 saturated heterocycles. The standard InChI is InChI=1S/C13H9ClF2N2O3/c1-6-2-8(10(5-17-6)12(19)20)9-3-7(14)4-18-11(9)21-13(15)16/h2-5,13H,1H3,(H,19,20). The van der Waals surface area contributed by atoms with Crippen LogP contribution >= 0.6 is 11.6 Å². The fourth-order valence-corrected chi connectivity index (χ4v) is 1.91. The molecule has 21 heavy (non-hydrogen) atoms. The van der Waals surface area contributed by atoms with Crippen molar-refractivity contribution < 1.29 is 23.4 Å². The van der Waals surface area contributed by atoms with E-state index in [0.29, 0.717) is 5.69 Å². The van der Waals surface area contributed by atoms with Gasteiger partial charge in [-0.3, -0.25) is 4.98 Å². The summed E-state index contributed by atoms with van der Waals surface area (Å²) in [6.45, 7) is -1.45. The zero-order chi connectivity index (χ0) is 15.6. The number of pyridine rings is 2. The highest BCUT2D eigenvalue weighted by molar-refractivity contribution is 6.30. The number of rotatable bonds is 4. The van der Waals surface area contributed by atoms with Crippen molar-refractivity contribution >= 4 is 17.6 Å². The van der Waals surface area contributed by atoms with Gasteiger partial charge in [-0.15, -0.1) is 0 Å². The van der Waals surface area contributed by atoms with Gasteiger partial charge in [0, 0.05) is 29.2 Å². The Bertz CT molecular complexity index is 695. The van der Waals surface area contributed by atoms with E-state index in [1.807, 2.05) is 0 Å². The molecule has 0 amide bonds. The molecule has 0 fully saturated rings. The number of aryl methyl sites for hydroxylation is 1. The number of hydrogen-bond donors (Lipinski definition) is 1. The quantitative estimate of drug-likeness (QED) is 0.936. The molecule has 2 heterocycles. The molecule has 2 aromatic rings. The van der Waals surface area contributed by atoms with Crippen LogP contribution in [-0.2, 0) is 0 Å². The normalized spacial score (nSPS) is 10.7. The van der Waals surface area contributed by atoms with E-state index in [1.54, 1.807) is 6.92 Å². The average molecular weight is 315 g/mol. The molecule has 0 unspecified atom stereocenters. The second-order valence-electron chi connectivity index (χ2n) is 4.06. The SMILES string of the molecule is Cc1cc(-c2cc(Cl)cnc2OC(F)F)c(C(=O)O)cn1. The molecule has 2 aromatic heterocycles. The van der Waals surface area contributed by atoms with Gasteiger partial charge in [0.15, 0.2) is 0 Å². The molecule has 8 heteroatoms. The first-order valence-electron chi connectivity index (χ1n) is 5.69. The number of carboxylic acid groups (broad SMARTS) is 1. The molecule has 0 bridgehead atoms. The largest absolute Gasteiger partial charge is 0.478 e. The molecule has 1 N–H and O–H groups in total. The topological polar surface area (TPSA) is 72.3 Å². The van der Waals surface area contributed by atoms with Crippen LogP contribution in [0, 0.1) is 6.92 Å². The highest BCUT2D eigenvalue weighted by atomic mass is 35.5. The van der Waals surface area contributed by atoms with Gasteiger partial charge in [-0.25, -0.2) is 9.78 Å². The van der Waals surface area contributed by atoms with Crippen LogP contribution in [-0.4, -0.2) is 27.7 Å². The fourth-order valence-electron chi connectivity index (χ4n) is 1.75. The predicted molar refractivity (Wildman–Crippen MR) is 70.8 cm³/mol. The number of aromatic carboxylic acids is 1. The van der Waals surface area contributed by atoms with E-state index in [-0.39, 0.29) is 21.7 Å². The van der Waals surface area contributed by atoms with E-state index >= 15 is 0 Å². The van der Waals surface area contributed by atoms with Crippen molar-refractivity contribution in [2.75, 3.05) is 0 Å². The maximum Gasteiger partial charge on any atom is 0.388 e. The third-order valence-electron chi connectivity index (χ3n) is 2.58. The molecule has 0 aliphatic heterocycles. The smallest absolute Gasteiger partial charge is 0.388 e. The number of halogens is 3. The molecular weight excluding hydrogens is 306 g/mol. The van der Waals surface area contributed by atoms with Gasteiger partial charge in [-0.2, -0.15) is 8.78 Å². The third kappa shape index (κ3) is 3.43. The van der Waals surface area contributed by atoms with E-state index in [1.165, 1.54) is 12.1 Å². The van der Waals surface area contributed by atoms with Crippen molar-refractivity contribution in [1.82, 2.24) is 9.97 Å². The van der Waals surface area contributed by atoms with E-state index < -0.39 is 18.5 Å². The van der Waals surface area contributed by atoms with Gasteiger partial charge in [0.25, 0.3) is 0 Å². The molecule has 0 aliphatic carbocycles. The summed E-state index contributed by atoms with van der Waals surface area (Å²) in [5.74, 6) is -1.65. The van der Waals surface area contributed by atoms with Gasteiger partial charge in [0.05, 0.1) is 10.6 Å². The minimum atomic E-state index is -3.09. The van der Waals surface area contributed by atoms with E-state index in [9.17, 15) is 18.7 Å². The molecule has 0 aromatic carbocycles. The number of hydrogen-bond acceptors (Lipinski definition) is 4. The van der Waals surface area contributed by atoms with Gasteiger partial charge in [-0.05, 0) is 19.1 Å². The summed E-state index contributed by atoms with van der Waals surface area (Å²) >= 11 is 5.81. The molecule has 5 nitrogen and oxygen atoms in total. The molecule has 2 rings (SSSR count). The summed E-state index contributed by atoms with van der Waals surface area (Å²) in [6.07, 6.45) is 2.28. The van der Waals surface area contributed by atoms with Crippen LogP contribution in [0.3, 0.4) is 0 Å². The summed E-state index contributed by atoms with van der Waals surface area (Å²) in [7, 11) is 0. The summed E-state index contributed by atoms with van der Waals surface area (Å²) in [5, 5.41) is 9.34. The van der Waals surface area contributed by atoms with Gasteiger partial charge in [0.2, 0.25) is 5.88 Å². The number of alkyl halides is 2. The molecule has 0 atom stereocenters. The van der Waals surface area contributed by atoms with Crippen LogP contribution in [0.25, 0.3) is 11.1 Å². The maximum absolute atomic E-state index is 12.4. The second kappa shape index (κ2) is 6.01. The summed E-state index contributed by atoms with van der Waals surface area (Å²) in [4.78, 5) is 18.8. The van der Waals surface area contributed by atoms with Crippen molar-refractivity contribution in [3.8, 4) is 17.0 Å². The first-order chi connectivity index (χ1) is 9.88. The van der Waals surface area contributed by atoms with Gasteiger partial charge < -0.3 is 9.84 Å². The van der Waals surface area contributed by atoms with Crippen molar-refractivity contribution in [1.29, 1.82) is 0 Å². The average Bonchev–Trinajstić information content (AvgIpc) is 2.39. The second-order valence-corrected chi connectivity index (χ2v) is 4.50. The third-order valence-corrected chi connectivity index (χ3v) is 2.79. The Morgan fingerprint density at radius 3 is 2.62 bits per heavy atom. The number of carbonyl (C=O) groups is 1. The lowest BCUT2D eigenvalue weighted by Gasteiger charge is -2.12. The van der Waals surface area contributed by atoms with Crippen LogP contribution in [0.4, 0.5) is 8.78 Å². The molecule has 0 spiro atoms. The number of ether oxygens (including phenoxy) is 1. The monoisotopic (exact) mass is 314 g/mol. The van der Waals surface area contributed by atoms with Gasteiger partial charge in [0.1, 0.15) is 0 Å². The molecular formula is C13H9ClF2N2O3. The van der Waals surface area contributed by atoms with E-state index in [4.69, 9.17) is 11.6 Å². The highest BCUT2D eigenvalue weighted by Gasteiger charge is 2.19. The lowest BCUT2D eigenvalue weighted by molar-refractivity contribution is -0.0524. The number of carboxylic acids is 1. The molecule has 0 aliphatic rings. The number of aromatic nitrogens is 2. The predicted octanol–water partition coefficient (Wildman–Crippen LogP) is 3.41. The van der Waals surface area contributed by atoms with Crippen LogP contribution in [0.1, 0.15) is 16.1 Å². The van der Waals surface area contributed by atoms with Crippen LogP contribution < -0.4 is 4.74 Å². The van der Waals surface area contributed by atoms with Crippen LogP contribution in [0.5, 0.6) is 5.88 Å². The maximum atomic E-state index is 12.4. The van der Waals surface area contributed by atoms with Gasteiger partial charge >= 0.3 is 12.6 Å². The minimum absolute atomic E-state index is 0.0608. The molecule has 110 valence electrons. The van der Waals surface area contributed by atoms with Crippen LogP contribution in [0.15, 0.2) is 24.5 Å². The van der Waals surface area contributed by atoms with Crippen molar-refractivity contribution in [2.45, 2.75) is 13.5 Å². The Balaban J connectivity index is 2.68. The Kier molecular flexibility index (Phi) is 4.32. The molecule has 0 radical (unpaired) electrons.